The van der Waals surface area contributed by atoms with Crippen molar-refractivity contribution in [3.8, 4) is 11.3 Å². The van der Waals surface area contributed by atoms with E-state index >= 15 is 0 Å². The van der Waals surface area contributed by atoms with E-state index in [4.69, 9.17) is 11.6 Å². The van der Waals surface area contributed by atoms with Gasteiger partial charge in [-0.3, -0.25) is 4.98 Å². The Bertz CT molecular complexity index is 648. The Morgan fingerprint density at radius 3 is 1.84 bits per heavy atom. The van der Waals surface area contributed by atoms with Gasteiger partial charge in [0.05, 0.1) is 16.3 Å². The van der Waals surface area contributed by atoms with E-state index in [0.717, 1.165) is 6.20 Å². The molecule has 1 nitrogen and oxygen atoms in total. The molecule has 0 unspecified atom stereocenters. The van der Waals surface area contributed by atoms with E-state index in [1.807, 2.05) is 0 Å². The first kappa shape index (κ1) is 14.4. The molecule has 0 saturated carbocycles. The van der Waals surface area contributed by atoms with Gasteiger partial charge in [-0.05, 0) is 28.7 Å². The topological polar surface area (TPSA) is 12.9 Å². The number of aromatic nitrogens is 1. The van der Waals surface area contributed by atoms with E-state index < -0.39 is 34.6 Å². The normalized spacial score (nSPS) is 10.9. The van der Waals surface area contributed by atoms with Crippen molar-refractivity contribution in [2.24, 2.45) is 0 Å². The van der Waals surface area contributed by atoms with E-state index in [0.29, 0.717) is 0 Å². The minimum absolute atomic E-state index is 0.160. The van der Waals surface area contributed by atoms with E-state index in [1.165, 1.54) is 6.07 Å². The summed E-state index contributed by atoms with van der Waals surface area (Å²) in [4.78, 5) is 3.61. The van der Waals surface area contributed by atoms with Crippen LogP contribution in [0.15, 0.2) is 12.3 Å². The first-order valence-corrected chi connectivity index (χ1v) is 6.13. The highest BCUT2D eigenvalue weighted by atomic mass is 127. The summed E-state index contributed by atoms with van der Waals surface area (Å²) in [6, 6.07) is 1.29. The van der Waals surface area contributed by atoms with Crippen LogP contribution in [0.25, 0.3) is 11.3 Å². The molecule has 0 saturated heterocycles. The summed E-state index contributed by atoms with van der Waals surface area (Å²) in [5.41, 5.74) is -1.43. The summed E-state index contributed by atoms with van der Waals surface area (Å²) in [5.74, 6) is -10.1. The third-order valence-corrected chi connectivity index (χ3v) is 3.28. The van der Waals surface area contributed by atoms with Gasteiger partial charge in [-0.15, -0.1) is 0 Å². The molecular formula is C11H2ClF5IN. The van der Waals surface area contributed by atoms with E-state index in [1.54, 1.807) is 22.6 Å². The summed E-state index contributed by atoms with van der Waals surface area (Å²) in [6.45, 7) is 0. The van der Waals surface area contributed by atoms with Gasteiger partial charge in [0.2, 0.25) is 5.82 Å². The summed E-state index contributed by atoms with van der Waals surface area (Å²) in [5, 5.41) is 0.178. The van der Waals surface area contributed by atoms with Gasteiger partial charge < -0.3 is 0 Å². The number of pyridine rings is 1. The van der Waals surface area contributed by atoms with Crippen molar-refractivity contribution in [2.75, 3.05) is 0 Å². The highest BCUT2D eigenvalue weighted by Crippen LogP contribution is 2.33. The van der Waals surface area contributed by atoms with Gasteiger partial charge in [0, 0.05) is 9.77 Å². The van der Waals surface area contributed by atoms with Gasteiger partial charge >= 0.3 is 0 Å². The second-order valence-corrected chi connectivity index (χ2v) is 5.03. The Kier molecular flexibility index (Phi) is 3.95. The first-order chi connectivity index (χ1) is 8.84. The molecule has 0 spiro atoms. The van der Waals surface area contributed by atoms with Crippen LogP contribution in [-0.2, 0) is 0 Å². The Morgan fingerprint density at radius 1 is 0.895 bits per heavy atom. The number of benzene rings is 1. The quantitative estimate of drug-likeness (QED) is 0.290. The molecule has 1 heterocycles. The fraction of sp³-hybridized carbons (Fsp3) is 0. The molecule has 0 bridgehead atoms. The third kappa shape index (κ3) is 2.40. The van der Waals surface area contributed by atoms with Crippen LogP contribution in [0, 0.1) is 32.7 Å². The molecule has 1 aromatic carbocycles. The Hall–Kier alpha value is -0.960. The molecule has 19 heavy (non-hydrogen) atoms. The minimum atomic E-state index is -2.21. The minimum Gasteiger partial charge on any atom is -0.253 e. The van der Waals surface area contributed by atoms with Crippen molar-refractivity contribution in [1.29, 1.82) is 0 Å². The van der Waals surface area contributed by atoms with Crippen molar-refractivity contribution in [1.82, 2.24) is 4.98 Å². The summed E-state index contributed by atoms with van der Waals surface area (Å²) >= 11 is 7.24. The first-order valence-electron chi connectivity index (χ1n) is 4.67. The van der Waals surface area contributed by atoms with Crippen LogP contribution in [-0.4, -0.2) is 4.98 Å². The molecule has 2 aromatic rings. The predicted octanol–water partition coefficient (Wildman–Crippen LogP) is 4.70. The van der Waals surface area contributed by atoms with Crippen LogP contribution in [0.2, 0.25) is 5.02 Å². The molecule has 1 aromatic heterocycles. The van der Waals surface area contributed by atoms with Crippen molar-refractivity contribution in [2.45, 2.75) is 0 Å². The van der Waals surface area contributed by atoms with Crippen LogP contribution >= 0.6 is 34.2 Å². The molecule has 0 N–H and O–H groups in total. The lowest BCUT2D eigenvalue weighted by Gasteiger charge is -2.09. The van der Waals surface area contributed by atoms with Gasteiger partial charge in [0.25, 0.3) is 0 Å². The predicted molar refractivity (Wildman–Crippen MR) is 67.2 cm³/mol. The van der Waals surface area contributed by atoms with E-state index in [2.05, 4.69) is 4.98 Å². The fourth-order valence-electron chi connectivity index (χ4n) is 1.41. The maximum atomic E-state index is 13.6. The number of rotatable bonds is 1. The second kappa shape index (κ2) is 5.20. The molecule has 0 amide bonds. The van der Waals surface area contributed by atoms with Crippen molar-refractivity contribution in [3.05, 3.63) is 49.9 Å². The standard InChI is InChI=1S/C11H2ClF5IN/c12-3-1-4(18)11(19-2-3)5-6(13)8(15)10(17)9(16)7(5)14/h1-2H. The SMILES string of the molecule is Fc1c(F)c(F)c(-c2ncc(Cl)cc2I)c(F)c1F. The van der Waals surface area contributed by atoms with Gasteiger partial charge in [-0.25, -0.2) is 22.0 Å². The van der Waals surface area contributed by atoms with Gasteiger partial charge in [0.1, 0.15) is 0 Å². The maximum absolute atomic E-state index is 13.6. The molecule has 0 fully saturated rings. The Labute approximate surface area is 122 Å². The molecule has 0 atom stereocenters. The van der Waals surface area contributed by atoms with Gasteiger partial charge in [0.15, 0.2) is 23.3 Å². The molecule has 0 radical (unpaired) electrons. The highest BCUT2D eigenvalue weighted by Gasteiger charge is 2.28. The fourth-order valence-corrected chi connectivity index (χ4v) is 2.50. The zero-order valence-corrected chi connectivity index (χ0v) is 11.7. The molecule has 0 aliphatic rings. The average molecular weight is 405 g/mol. The Balaban J connectivity index is 2.83. The van der Waals surface area contributed by atoms with Crippen LogP contribution in [0.1, 0.15) is 0 Å². The molecule has 0 aliphatic carbocycles. The lowest BCUT2D eigenvalue weighted by molar-refractivity contribution is 0.381. The smallest absolute Gasteiger partial charge is 0.200 e. The number of nitrogens with zero attached hydrogens (tertiary/aromatic N) is 1. The van der Waals surface area contributed by atoms with E-state index in [9.17, 15) is 22.0 Å². The van der Waals surface area contributed by atoms with Crippen LogP contribution in [0.4, 0.5) is 22.0 Å². The van der Waals surface area contributed by atoms with Crippen molar-refractivity contribution in [3.63, 3.8) is 0 Å². The molecular weight excluding hydrogens is 403 g/mol. The van der Waals surface area contributed by atoms with Gasteiger partial charge in [-0.1, -0.05) is 11.6 Å². The zero-order valence-electron chi connectivity index (χ0n) is 8.75. The molecule has 2 rings (SSSR count). The second-order valence-electron chi connectivity index (χ2n) is 3.43. The van der Waals surface area contributed by atoms with Crippen LogP contribution in [0.5, 0.6) is 0 Å². The van der Waals surface area contributed by atoms with Gasteiger partial charge in [-0.2, -0.15) is 0 Å². The van der Waals surface area contributed by atoms with E-state index in [-0.39, 0.29) is 14.3 Å². The monoisotopic (exact) mass is 405 g/mol. The molecule has 0 aliphatic heterocycles. The molecule has 8 heteroatoms. The number of hydrogen-bond donors (Lipinski definition) is 0. The highest BCUT2D eigenvalue weighted by molar-refractivity contribution is 14.1. The summed E-state index contributed by atoms with van der Waals surface area (Å²) in [7, 11) is 0. The molecule has 100 valence electrons. The summed E-state index contributed by atoms with van der Waals surface area (Å²) < 4.78 is 66.4. The average Bonchev–Trinajstić information content (AvgIpc) is 2.37. The Morgan fingerprint density at radius 2 is 1.37 bits per heavy atom. The largest absolute Gasteiger partial charge is 0.253 e. The van der Waals surface area contributed by atoms with Crippen molar-refractivity contribution < 1.29 is 22.0 Å². The van der Waals surface area contributed by atoms with Crippen molar-refractivity contribution >= 4 is 34.2 Å². The number of hydrogen-bond acceptors (Lipinski definition) is 1. The maximum Gasteiger partial charge on any atom is 0.200 e. The number of halogens is 7. The lowest BCUT2D eigenvalue weighted by atomic mass is 10.1. The zero-order chi connectivity index (χ0) is 14.3. The lowest BCUT2D eigenvalue weighted by Crippen LogP contribution is -2.05. The van der Waals surface area contributed by atoms with Crippen LogP contribution in [0.3, 0.4) is 0 Å². The summed E-state index contributed by atoms with van der Waals surface area (Å²) in [6.07, 6.45) is 1.05. The van der Waals surface area contributed by atoms with Crippen LogP contribution < -0.4 is 0 Å². The third-order valence-electron chi connectivity index (χ3n) is 2.25.